The maximum atomic E-state index is 14.6. The highest BCUT2D eigenvalue weighted by molar-refractivity contribution is 5.92. The summed E-state index contributed by atoms with van der Waals surface area (Å²) in [5.41, 5.74) is 3.51. The molecule has 0 aliphatic carbocycles. The van der Waals surface area contributed by atoms with E-state index in [1.807, 2.05) is 62.4 Å². The highest BCUT2D eigenvalue weighted by atomic mass is 16.6. The van der Waals surface area contributed by atoms with Crippen LogP contribution in [0.5, 0.6) is 5.75 Å². The van der Waals surface area contributed by atoms with Crippen LogP contribution in [-0.4, -0.2) is 46.1 Å². The van der Waals surface area contributed by atoms with Gasteiger partial charge in [0.1, 0.15) is 23.4 Å². The van der Waals surface area contributed by atoms with Crippen LogP contribution < -0.4 is 10.6 Å². The standard InChI is InChI=1S/C36H47N3O5/c1-7-8-12-21-39(34(42)31(38-35(43)44-36(4,5)6)23-27-17-19-29(40)20-18-27)32(30-22-25(2)15-16-26(30)3)33(41)37-24-28-13-10-9-11-14-28/h9-11,13-20,22,31-32,40H,7-8,12,21,23-24H2,1-6H3,(H,37,41)(H,38,43). The highest BCUT2D eigenvalue weighted by Gasteiger charge is 2.37. The van der Waals surface area contributed by atoms with Crippen LogP contribution in [0.1, 0.15) is 80.8 Å². The van der Waals surface area contributed by atoms with Crippen molar-refractivity contribution in [1.82, 2.24) is 15.5 Å². The first-order chi connectivity index (χ1) is 20.9. The molecule has 3 aromatic carbocycles. The van der Waals surface area contributed by atoms with Crippen LogP contribution in [0.4, 0.5) is 4.79 Å². The van der Waals surface area contributed by atoms with E-state index in [1.54, 1.807) is 49.9 Å². The van der Waals surface area contributed by atoms with E-state index in [4.69, 9.17) is 4.74 Å². The minimum Gasteiger partial charge on any atom is -0.508 e. The van der Waals surface area contributed by atoms with Crippen LogP contribution in [0.15, 0.2) is 72.8 Å². The van der Waals surface area contributed by atoms with Crippen LogP contribution >= 0.6 is 0 Å². The van der Waals surface area contributed by atoms with Crippen LogP contribution in [0.3, 0.4) is 0 Å². The number of hydrogen-bond acceptors (Lipinski definition) is 5. The second-order valence-electron chi connectivity index (χ2n) is 12.3. The SMILES string of the molecule is CCCCCN(C(=O)C(Cc1ccc(O)cc1)NC(=O)OC(C)(C)C)C(C(=O)NCc1ccccc1)c1cc(C)ccc1C. The fraction of sp³-hybridized carbons (Fsp3) is 0.417. The molecule has 8 nitrogen and oxygen atoms in total. The van der Waals surface area contributed by atoms with E-state index in [0.717, 1.165) is 40.7 Å². The molecular weight excluding hydrogens is 554 g/mol. The summed E-state index contributed by atoms with van der Waals surface area (Å²) in [5, 5.41) is 15.7. The minimum absolute atomic E-state index is 0.1000. The van der Waals surface area contributed by atoms with Crippen LogP contribution in [0, 0.1) is 13.8 Å². The molecule has 0 aliphatic rings. The molecule has 0 heterocycles. The average molecular weight is 602 g/mol. The zero-order chi connectivity index (χ0) is 32.3. The molecule has 8 heteroatoms. The number of phenolic OH excluding ortho intramolecular Hbond substituents is 1. The predicted octanol–water partition coefficient (Wildman–Crippen LogP) is 6.52. The molecule has 0 saturated heterocycles. The molecule has 0 radical (unpaired) electrons. The maximum Gasteiger partial charge on any atom is 0.408 e. The van der Waals surface area contributed by atoms with Gasteiger partial charge in [-0.1, -0.05) is 86.0 Å². The zero-order valence-corrected chi connectivity index (χ0v) is 26.9. The van der Waals surface area contributed by atoms with E-state index in [0.29, 0.717) is 19.5 Å². The van der Waals surface area contributed by atoms with E-state index in [9.17, 15) is 19.5 Å². The molecule has 0 spiro atoms. The number of amides is 3. The molecule has 3 rings (SSSR count). The van der Waals surface area contributed by atoms with E-state index < -0.39 is 23.8 Å². The van der Waals surface area contributed by atoms with Gasteiger partial charge in [-0.3, -0.25) is 9.59 Å². The van der Waals surface area contributed by atoms with E-state index in [2.05, 4.69) is 17.6 Å². The largest absolute Gasteiger partial charge is 0.508 e. The van der Waals surface area contributed by atoms with E-state index in [1.165, 1.54) is 0 Å². The maximum absolute atomic E-state index is 14.6. The molecule has 3 aromatic rings. The Morgan fingerprint density at radius 2 is 1.59 bits per heavy atom. The van der Waals surface area contributed by atoms with Gasteiger partial charge >= 0.3 is 6.09 Å². The van der Waals surface area contributed by atoms with Gasteiger partial charge in [-0.15, -0.1) is 0 Å². The number of aromatic hydroxyl groups is 1. The number of hydrogen-bond donors (Lipinski definition) is 3. The molecule has 0 fully saturated rings. The minimum atomic E-state index is -1.02. The number of aryl methyl sites for hydroxylation is 2. The van der Waals surface area contributed by atoms with Crippen molar-refractivity contribution in [2.45, 2.75) is 91.5 Å². The summed E-state index contributed by atoms with van der Waals surface area (Å²) >= 11 is 0. The molecule has 0 saturated carbocycles. The Bertz CT molecular complexity index is 1380. The Hall–Kier alpha value is -4.33. The number of carbonyl (C=O) groups excluding carboxylic acids is 3. The topological polar surface area (TPSA) is 108 Å². The number of nitrogens with one attached hydrogen (secondary N) is 2. The van der Waals surface area contributed by atoms with Crippen LogP contribution in [0.2, 0.25) is 0 Å². The van der Waals surface area contributed by atoms with Crippen molar-refractivity contribution in [3.63, 3.8) is 0 Å². The summed E-state index contributed by atoms with van der Waals surface area (Å²) < 4.78 is 5.53. The number of carbonyl (C=O) groups is 3. The van der Waals surface area contributed by atoms with Crippen molar-refractivity contribution in [3.05, 3.63) is 101 Å². The normalized spacial score (nSPS) is 12.6. The summed E-state index contributed by atoms with van der Waals surface area (Å²) in [6, 6.07) is 20.1. The summed E-state index contributed by atoms with van der Waals surface area (Å²) in [4.78, 5) is 43.4. The quantitative estimate of drug-likeness (QED) is 0.193. The molecule has 236 valence electrons. The van der Waals surface area contributed by atoms with Crippen molar-refractivity contribution in [2.24, 2.45) is 0 Å². The lowest BCUT2D eigenvalue weighted by Gasteiger charge is -2.35. The number of alkyl carbamates (subject to hydrolysis) is 1. The number of phenols is 1. The first-order valence-corrected chi connectivity index (χ1v) is 15.3. The molecular formula is C36H47N3O5. The summed E-state index contributed by atoms with van der Waals surface area (Å²) in [5.74, 6) is -0.586. The molecule has 0 bridgehead atoms. The lowest BCUT2D eigenvalue weighted by molar-refractivity contribution is -0.142. The van der Waals surface area contributed by atoms with Crippen molar-refractivity contribution in [1.29, 1.82) is 0 Å². The van der Waals surface area contributed by atoms with E-state index >= 15 is 0 Å². The Morgan fingerprint density at radius 1 is 0.909 bits per heavy atom. The zero-order valence-electron chi connectivity index (χ0n) is 26.9. The average Bonchev–Trinajstić information content (AvgIpc) is 2.97. The van der Waals surface area contributed by atoms with Crippen molar-refractivity contribution < 1.29 is 24.2 Å². The third-order valence-corrected chi connectivity index (χ3v) is 7.25. The molecule has 2 unspecified atom stereocenters. The van der Waals surface area contributed by atoms with Crippen LogP contribution in [-0.2, 0) is 27.3 Å². The summed E-state index contributed by atoms with van der Waals surface area (Å²) in [6.07, 6.45) is 1.92. The third kappa shape index (κ3) is 10.4. The third-order valence-electron chi connectivity index (χ3n) is 7.25. The lowest BCUT2D eigenvalue weighted by Crippen LogP contribution is -2.54. The molecule has 3 amide bonds. The second kappa shape index (κ2) is 15.9. The Labute approximate surface area is 261 Å². The Kier molecular flexibility index (Phi) is 12.4. The van der Waals surface area contributed by atoms with Gasteiger partial charge in [-0.05, 0) is 75.4 Å². The number of unbranched alkanes of at least 4 members (excludes halogenated alkanes) is 2. The fourth-order valence-electron chi connectivity index (χ4n) is 5.00. The van der Waals surface area contributed by atoms with Crippen molar-refractivity contribution in [2.75, 3.05) is 6.54 Å². The van der Waals surface area contributed by atoms with Gasteiger partial charge < -0.3 is 25.4 Å². The predicted molar refractivity (Wildman–Crippen MR) is 173 cm³/mol. The van der Waals surface area contributed by atoms with Crippen molar-refractivity contribution in [3.8, 4) is 5.75 Å². The van der Waals surface area contributed by atoms with Gasteiger partial charge in [0.25, 0.3) is 0 Å². The first-order valence-electron chi connectivity index (χ1n) is 15.3. The smallest absolute Gasteiger partial charge is 0.408 e. The van der Waals surface area contributed by atoms with Crippen LogP contribution in [0.25, 0.3) is 0 Å². The van der Waals surface area contributed by atoms with Gasteiger partial charge in [0.05, 0.1) is 0 Å². The van der Waals surface area contributed by atoms with Gasteiger partial charge in [0.2, 0.25) is 11.8 Å². The van der Waals surface area contributed by atoms with Gasteiger partial charge in [0, 0.05) is 19.5 Å². The lowest BCUT2D eigenvalue weighted by atomic mass is 9.95. The molecule has 0 aliphatic heterocycles. The second-order valence-corrected chi connectivity index (χ2v) is 12.3. The summed E-state index contributed by atoms with van der Waals surface area (Å²) in [7, 11) is 0. The molecule has 2 atom stereocenters. The summed E-state index contributed by atoms with van der Waals surface area (Å²) in [6.45, 7) is 11.9. The Morgan fingerprint density at radius 3 is 2.23 bits per heavy atom. The van der Waals surface area contributed by atoms with Crippen molar-refractivity contribution >= 4 is 17.9 Å². The number of ether oxygens (including phenoxy) is 1. The molecule has 0 aromatic heterocycles. The first kappa shape index (κ1) is 34.2. The number of nitrogens with zero attached hydrogens (tertiary/aromatic N) is 1. The Balaban J connectivity index is 2.06. The highest BCUT2D eigenvalue weighted by Crippen LogP contribution is 2.28. The fourth-order valence-corrected chi connectivity index (χ4v) is 5.00. The number of benzene rings is 3. The molecule has 44 heavy (non-hydrogen) atoms. The van der Waals surface area contributed by atoms with E-state index in [-0.39, 0.29) is 24.0 Å². The van der Waals surface area contributed by atoms with Gasteiger partial charge in [0.15, 0.2) is 0 Å². The van der Waals surface area contributed by atoms with Gasteiger partial charge in [-0.25, -0.2) is 4.79 Å². The number of rotatable bonds is 13. The van der Waals surface area contributed by atoms with Gasteiger partial charge in [-0.2, -0.15) is 0 Å². The monoisotopic (exact) mass is 601 g/mol. The molecule has 3 N–H and O–H groups in total.